The third-order valence-electron chi connectivity index (χ3n) is 2.43. The zero-order chi connectivity index (χ0) is 13.5. The minimum Gasteiger partial charge on any atom is -0.496 e. The molecular weight excluding hydrogens is 236 g/mol. The number of Topliss-reactive ketones (excluding diaryl/α,β-unsaturated/α-hetero) is 2. The number of carbonyl (C=O) groups excluding carboxylic acids is 2. The average molecular weight is 252 g/mol. The monoisotopic (exact) mass is 252 g/mol. The lowest BCUT2D eigenvalue weighted by Crippen LogP contribution is -2.27. The number of ketones is 2. The Morgan fingerprint density at radius 2 is 1.72 bits per heavy atom. The predicted molar refractivity (Wildman–Crippen MR) is 64.8 cm³/mol. The summed E-state index contributed by atoms with van der Waals surface area (Å²) in [5.74, 6) is -0.297. The summed E-state index contributed by atoms with van der Waals surface area (Å²) < 4.78 is 14.7. The van der Waals surface area contributed by atoms with E-state index in [2.05, 4.69) is 0 Å². The fraction of sp³-hybridized carbons (Fsp3) is 0.385. The third-order valence-corrected chi connectivity index (χ3v) is 2.43. The summed E-state index contributed by atoms with van der Waals surface area (Å²) in [6.07, 6.45) is -1.30. The van der Waals surface area contributed by atoms with Gasteiger partial charge in [-0.15, -0.1) is 0 Å². The van der Waals surface area contributed by atoms with Crippen LogP contribution in [0.2, 0.25) is 0 Å². The number of carbonyl (C=O) groups is 2. The number of rotatable bonds is 7. The van der Waals surface area contributed by atoms with Crippen LogP contribution in [-0.2, 0) is 14.3 Å². The van der Waals surface area contributed by atoms with E-state index in [-0.39, 0.29) is 12.2 Å². The highest BCUT2D eigenvalue weighted by Crippen LogP contribution is 2.19. The fourth-order valence-electron chi connectivity index (χ4n) is 1.57. The van der Waals surface area contributed by atoms with E-state index in [0.717, 1.165) is 0 Å². The molecule has 0 spiro atoms. The Bertz CT molecular complexity index is 423. The highest BCUT2D eigenvalue weighted by Gasteiger charge is 2.22. The summed E-state index contributed by atoms with van der Waals surface area (Å²) in [6, 6.07) is 6.75. The predicted octanol–water partition coefficient (Wildman–Crippen LogP) is 1.46. The molecule has 0 unspecified atom stereocenters. The number of ether oxygens (including phenoxy) is 3. The smallest absolute Gasteiger partial charge is 0.217 e. The summed E-state index contributed by atoms with van der Waals surface area (Å²) in [7, 11) is 4.17. The van der Waals surface area contributed by atoms with Gasteiger partial charge in [0.1, 0.15) is 5.75 Å². The van der Waals surface area contributed by atoms with E-state index >= 15 is 0 Å². The maximum atomic E-state index is 12.0. The highest BCUT2D eigenvalue weighted by molar-refractivity contribution is 6.10. The lowest BCUT2D eigenvalue weighted by Gasteiger charge is -2.12. The number of benzene rings is 1. The van der Waals surface area contributed by atoms with Gasteiger partial charge in [0.25, 0.3) is 0 Å². The van der Waals surface area contributed by atoms with E-state index in [1.807, 2.05) is 0 Å². The van der Waals surface area contributed by atoms with Crippen LogP contribution in [0.4, 0.5) is 0 Å². The lowest BCUT2D eigenvalue weighted by atomic mass is 10.0. The molecule has 5 heteroatoms. The van der Waals surface area contributed by atoms with Crippen molar-refractivity contribution in [3.63, 3.8) is 0 Å². The minimum absolute atomic E-state index is 0.285. The van der Waals surface area contributed by atoms with Crippen molar-refractivity contribution in [2.24, 2.45) is 0 Å². The number of hydrogen-bond acceptors (Lipinski definition) is 5. The standard InChI is InChI=1S/C13H16O5/c1-16-12-7-5-4-6-9(12)10(14)8-11(15)13(17-2)18-3/h4-7,13H,8H2,1-3H3. The van der Waals surface area contributed by atoms with E-state index in [1.54, 1.807) is 24.3 Å². The topological polar surface area (TPSA) is 61.8 Å². The molecule has 18 heavy (non-hydrogen) atoms. The fourth-order valence-corrected chi connectivity index (χ4v) is 1.57. The Balaban J connectivity index is 2.79. The molecule has 1 rings (SSSR count). The largest absolute Gasteiger partial charge is 0.496 e. The number of methoxy groups -OCH3 is 3. The molecule has 0 atom stereocenters. The summed E-state index contributed by atoms with van der Waals surface area (Å²) >= 11 is 0. The van der Waals surface area contributed by atoms with Crippen LogP contribution in [0.25, 0.3) is 0 Å². The van der Waals surface area contributed by atoms with Crippen molar-refractivity contribution in [2.75, 3.05) is 21.3 Å². The van der Waals surface area contributed by atoms with Gasteiger partial charge in [-0.25, -0.2) is 0 Å². The molecule has 0 aliphatic carbocycles. The van der Waals surface area contributed by atoms with Crippen LogP contribution in [0.15, 0.2) is 24.3 Å². The molecule has 0 saturated carbocycles. The van der Waals surface area contributed by atoms with Gasteiger partial charge in [-0.2, -0.15) is 0 Å². The van der Waals surface area contributed by atoms with Crippen LogP contribution >= 0.6 is 0 Å². The van der Waals surface area contributed by atoms with Gasteiger partial charge in [0, 0.05) is 14.2 Å². The molecule has 5 nitrogen and oxygen atoms in total. The molecule has 0 bridgehead atoms. The molecule has 0 aromatic heterocycles. The second-order valence-corrected chi connectivity index (χ2v) is 3.57. The van der Waals surface area contributed by atoms with Gasteiger partial charge in [-0.05, 0) is 12.1 Å². The molecule has 0 aliphatic rings. The van der Waals surface area contributed by atoms with Crippen LogP contribution in [0.1, 0.15) is 16.8 Å². The Kier molecular flexibility index (Phi) is 5.48. The molecule has 0 aliphatic heterocycles. The Labute approximate surface area is 106 Å². The van der Waals surface area contributed by atoms with E-state index in [9.17, 15) is 9.59 Å². The van der Waals surface area contributed by atoms with E-state index < -0.39 is 12.1 Å². The van der Waals surface area contributed by atoms with E-state index in [0.29, 0.717) is 11.3 Å². The zero-order valence-corrected chi connectivity index (χ0v) is 10.6. The maximum absolute atomic E-state index is 12.0. The second kappa shape index (κ2) is 6.88. The van der Waals surface area contributed by atoms with Crippen molar-refractivity contribution in [2.45, 2.75) is 12.7 Å². The summed E-state index contributed by atoms with van der Waals surface area (Å²) in [6.45, 7) is 0. The van der Waals surface area contributed by atoms with Crippen molar-refractivity contribution in [3.05, 3.63) is 29.8 Å². The molecular formula is C13H16O5. The SMILES string of the molecule is COc1ccccc1C(=O)CC(=O)C(OC)OC. The zero-order valence-electron chi connectivity index (χ0n) is 10.6. The highest BCUT2D eigenvalue weighted by atomic mass is 16.7. The number of hydrogen-bond donors (Lipinski definition) is 0. The van der Waals surface area contributed by atoms with E-state index in [1.165, 1.54) is 21.3 Å². The molecule has 98 valence electrons. The van der Waals surface area contributed by atoms with Gasteiger partial charge < -0.3 is 14.2 Å². The number of para-hydroxylation sites is 1. The van der Waals surface area contributed by atoms with Gasteiger partial charge in [-0.3, -0.25) is 9.59 Å². The van der Waals surface area contributed by atoms with Crippen molar-refractivity contribution in [1.82, 2.24) is 0 Å². The van der Waals surface area contributed by atoms with Crippen molar-refractivity contribution in [3.8, 4) is 5.75 Å². The molecule has 0 amide bonds. The van der Waals surface area contributed by atoms with Gasteiger partial charge in [0.05, 0.1) is 19.1 Å². The summed E-state index contributed by atoms with van der Waals surface area (Å²) in [5, 5.41) is 0. The maximum Gasteiger partial charge on any atom is 0.217 e. The third kappa shape index (κ3) is 3.38. The normalized spacial score (nSPS) is 10.4. The van der Waals surface area contributed by atoms with Crippen LogP contribution in [0.5, 0.6) is 5.75 Å². The summed E-state index contributed by atoms with van der Waals surface area (Å²) in [4.78, 5) is 23.6. The van der Waals surface area contributed by atoms with Crippen molar-refractivity contribution < 1.29 is 23.8 Å². The van der Waals surface area contributed by atoms with Crippen LogP contribution < -0.4 is 4.74 Å². The first-order valence-electron chi connectivity index (χ1n) is 5.38. The van der Waals surface area contributed by atoms with E-state index in [4.69, 9.17) is 14.2 Å². The molecule has 0 heterocycles. The summed E-state index contributed by atoms with van der Waals surface area (Å²) in [5.41, 5.74) is 0.374. The van der Waals surface area contributed by atoms with Gasteiger partial charge in [0.15, 0.2) is 11.6 Å². The van der Waals surface area contributed by atoms with Gasteiger partial charge >= 0.3 is 0 Å². The Morgan fingerprint density at radius 1 is 1.11 bits per heavy atom. The molecule has 1 aromatic carbocycles. The Morgan fingerprint density at radius 3 is 2.28 bits per heavy atom. The second-order valence-electron chi connectivity index (χ2n) is 3.57. The first-order valence-corrected chi connectivity index (χ1v) is 5.38. The lowest BCUT2D eigenvalue weighted by molar-refractivity contribution is -0.155. The molecule has 0 fully saturated rings. The Hall–Kier alpha value is -1.72. The molecule has 0 saturated heterocycles. The molecule has 0 radical (unpaired) electrons. The quantitative estimate of drug-likeness (QED) is 0.417. The molecule has 0 N–H and O–H groups in total. The van der Waals surface area contributed by atoms with Crippen LogP contribution in [0.3, 0.4) is 0 Å². The van der Waals surface area contributed by atoms with Gasteiger partial charge in [0.2, 0.25) is 6.29 Å². The van der Waals surface area contributed by atoms with Crippen molar-refractivity contribution in [1.29, 1.82) is 0 Å². The van der Waals surface area contributed by atoms with Crippen molar-refractivity contribution >= 4 is 11.6 Å². The minimum atomic E-state index is -1.01. The van der Waals surface area contributed by atoms with Gasteiger partial charge in [-0.1, -0.05) is 12.1 Å². The van der Waals surface area contributed by atoms with Crippen LogP contribution in [0, 0.1) is 0 Å². The first-order chi connectivity index (χ1) is 8.63. The molecule has 1 aromatic rings. The van der Waals surface area contributed by atoms with Crippen LogP contribution in [-0.4, -0.2) is 39.2 Å². The average Bonchev–Trinajstić information content (AvgIpc) is 2.40. The first kappa shape index (κ1) is 14.3.